The van der Waals surface area contributed by atoms with Crippen molar-refractivity contribution in [3.8, 4) is 0 Å². The lowest BCUT2D eigenvalue weighted by atomic mass is 9.80. The highest BCUT2D eigenvalue weighted by molar-refractivity contribution is 5.89. The Morgan fingerprint density at radius 2 is 2.00 bits per heavy atom. The number of allylic oxidation sites excluding steroid dienone is 4. The first kappa shape index (κ1) is 7.78. The van der Waals surface area contributed by atoms with Crippen LogP contribution in [0.15, 0.2) is 22.8 Å². The van der Waals surface area contributed by atoms with Gasteiger partial charge in [-0.3, -0.25) is 4.79 Å². The molecule has 0 saturated heterocycles. The number of hydrogen-bond acceptors (Lipinski definition) is 1. The number of rotatable bonds is 0. The minimum Gasteiger partial charge on any atom is -0.299 e. The zero-order valence-electron chi connectivity index (χ0n) is 7.90. The lowest BCUT2D eigenvalue weighted by Crippen LogP contribution is -2.13. The third-order valence-electron chi connectivity index (χ3n) is 3.28. The number of carbonyl (C=O) groups excluding carboxylic acids is 1. The average Bonchev–Trinajstić information content (AvgIpc) is 2.38. The van der Waals surface area contributed by atoms with Gasteiger partial charge in [0.2, 0.25) is 0 Å². The van der Waals surface area contributed by atoms with E-state index in [1.54, 1.807) is 0 Å². The Morgan fingerprint density at radius 1 is 1.33 bits per heavy atom. The molecular formula is C11H14O. The van der Waals surface area contributed by atoms with Gasteiger partial charge in [-0.25, -0.2) is 0 Å². The molecule has 0 unspecified atom stereocenters. The van der Waals surface area contributed by atoms with Gasteiger partial charge in [-0.15, -0.1) is 0 Å². The summed E-state index contributed by atoms with van der Waals surface area (Å²) in [7, 11) is 0. The Morgan fingerprint density at radius 3 is 2.58 bits per heavy atom. The molecule has 2 rings (SSSR count). The molecule has 2 aliphatic rings. The molecule has 0 aromatic heterocycles. The molecule has 0 fully saturated rings. The Balaban J connectivity index is 2.44. The number of Topliss-reactive ketones (excluding diaryl/α,β-unsaturated/α-hetero) is 1. The molecule has 0 atom stereocenters. The van der Waals surface area contributed by atoms with Crippen molar-refractivity contribution < 1.29 is 4.79 Å². The minimum absolute atomic E-state index is 0.154. The van der Waals surface area contributed by atoms with E-state index in [1.165, 1.54) is 16.7 Å². The molecule has 12 heavy (non-hydrogen) atoms. The van der Waals surface area contributed by atoms with Crippen LogP contribution in [0.1, 0.15) is 33.6 Å². The summed E-state index contributed by atoms with van der Waals surface area (Å²) in [4.78, 5) is 11.2. The molecule has 64 valence electrons. The number of ketones is 1. The highest BCUT2D eigenvalue weighted by Crippen LogP contribution is 2.48. The molecule has 0 amide bonds. The van der Waals surface area contributed by atoms with Gasteiger partial charge in [0.15, 0.2) is 0 Å². The van der Waals surface area contributed by atoms with E-state index in [2.05, 4.69) is 26.8 Å². The molecule has 1 heteroatoms. The Bertz CT molecular complexity index is 316. The van der Waals surface area contributed by atoms with Crippen LogP contribution in [0.5, 0.6) is 0 Å². The Hall–Kier alpha value is -0.850. The molecule has 0 spiro atoms. The van der Waals surface area contributed by atoms with Crippen LogP contribution >= 0.6 is 0 Å². The average molecular weight is 162 g/mol. The number of carbonyl (C=O) groups is 1. The second kappa shape index (κ2) is 2.09. The second-order valence-corrected chi connectivity index (χ2v) is 4.35. The third kappa shape index (κ3) is 0.825. The van der Waals surface area contributed by atoms with E-state index in [0.717, 1.165) is 0 Å². The van der Waals surface area contributed by atoms with Crippen LogP contribution in [0.25, 0.3) is 0 Å². The molecule has 0 aromatic rings. The smallest absolute Gasteiger partial charge is 0.141 e. The van der Waals surface area contributed by atoms with E-state index in [0.29, 0.717) is 18.6 Å². The minimum atomic E-state index is 0.154. The molecule has 0 saturated carbocycles. The van der Waals surface area contributed by atoms with Crippen LogP contribution in [0, 0.1) is 5.41 Å². The van der Waals surface area contributed by atoms with Gasteiger partial charge in [-0.2, -0.15) is 0 Å². The van der Waals surface area contributed by atoms with Gasteiger partial charge in [0.1, 0.15) is 5.78 Å². The zero-order valence-corrected chi connectivity index (χ0v) is 7.90. The van der Waals surface area contributed by atoms with E-state index in [-0.39, 0.29) is 5.41 Å². The normalized spacial score (nSPS) is 26.2. The summed E-state index contributed by atoms with van der Waals surface area (Å²) < 4.78 is 0. The maximum Gasteiger partial charge on any atom is 0.141 e. The summed E-state index contributed by atoms with van der Waals surface area (Å²) in [6.45, 7) is 6.57. The van der Waals surface area contributed by atoms with E-state index in [4.69, 9.17) is 0 Å². The first-order chi connectivity index (χ1) is 5.51. The van der Waals surface area contributed by atoms with Crippen molar-refractivity contribution in [3.05, 3.63) is 22.8 Å². The lowest BCUT2D eigenvalue weighted by Gasteiger charge is -2.23. The van der Waals surface area contributed by atoms with Crippen LogP contribution in [-0.4, -0.2) is 5.78 Å². The highest BCUT2D eigenvalue weighted by atomic mass is 16.1. The molecular weight excluding hydrogens is 148 g/mol. The van der Waals surface area contributed by atoms with Gasteiger partial charge in [0, 0.05) is 18.3 Å². The summed E-state index contributed by atoms with van der Waals surface area (Å²) >= 11 is 0. The van der Waals surface area contributed by atoms with E-state index in [1.807, 2.05) is 0 Å². The monoisotopic (exact) mass is 162 g/mol. The molecule has 0 aliphatic heterocycles. The van der Waals surface area contributed by atoms with Crippen molar-refractivity contribution in [2.75, 3.05) is 0 Å². The predicted molar refractivity (Wildman–Crippen MR) is 48.8 cm³/mol. The zero-order chi connectivity index (χ0) is 8.93. The van der Waals surface area contributed by atoms with Gasteiger partial charge in [0.25, 0.3) is 0 Å². The standard InChI is InChI=1S/C11H14O/c1-7-4-8-5-9(12)6-10(8)11(7,2)3/h4H,5-6H2,1-3H3. The van der Waals surface area contributed by atoms with Crippen molar-refractivity contribution in [3.63, 3.8) is 0 Å². The van der Waals surface area contributed by atoms with Crippen LogP contribution in [0.4, 0.5) is 0 Å². The largest absolute Gasteiger partial charge is 0.299 e. The molecule has 0 aromatic carbocycles. The first-order valence-corrected chi connectivity index (χ1v) is 4.45. The fourth-order valence-electron chi connectivity index (χ4n) is 2.13. The summed E-state index contributed by atoms with van der Waals surface area (Å²) in [5, 5.41) is 0. The van der Waals surface area contributed by atoms with Crippen molar-refractivity contribution in [2.45, 2.75) is 33.6 Å². The van der Waals surface area contributed by atoms with Gasteiger partial charge >= 0.3 is 0 Å². The van der Waals surface area contributed by atoms with E-state index >= 15 is 0 Å². The van der Waals surface area contributed by atoms with Crippen LogP contribution in [0.2, 0.25) is 0 Å². The second-order valence-electron chi connectivity index (χ2n) is 4.35. The van der Waals surface area contributed by atoms with Gasteiger partial charge in [0.05, 0.1) is 0 Å². The summed E-state index contributed by atoms with van der Waals surface area (Å²) in [5.74, 6) is 0.386. The fraction of sp³-hybridized carbons (Fsp3) is 0.545. The molecule has 1 nitrogen and oxygen atoms in total. The summed E-state index contributed by atoms with van der Waals surface area (Å²) in [6.07, 6.45) is 3.56. The molecule has 2 aliphatic carbocycles. The van der Waals surface area contributed by atoms with Crippen LogP contribution in [0.3, 0.4) is 0 Å². The lowest BCUT2D eigenvalue weighted by molar-refractivity contribution is -0.117. The third-order valence-corrected chi connectivity index (χ3v) is 3.28. The quantitative estimate of drug-likeness (QED) is 0.535. The highest BCUT2D eigenvalue weighted by Gasteiger charge is 2.37. The predicted octanol–water partition coefficient (Wildman–Crippen LogP) is 2.63. The van der Waals surface area contributed by atoms with Crippen LogP contribution < -0.4 is 0 Å². The Kier molecular flexibility index (Phi) is 1.36. The van der Waals surface area contributed by atoms with Gasteiger partial charge in [-0.1, -0.05) is 25.5 Å². The van der Waals surface area contributed by atoms with Crippen molar-refractivity contribution in [2.24, 2.45) is 5.41 Å². The molecule has 0 N–H and O–H groups in total. The van der Waals surface area contributed by atoms with Crippen molar-refractivity contribution >= 4 is 5.78 Å². The summed E-state index contributed by atoms with van der Waals surface area (Å²) in [6, 6.07) is 0. The number of hydrogen-bond donors (Lipinski definition) is 0. The van der Waals surface area contributed by atoms with E-state index < -0.39 is 0 Å². The SMILES string of the molecule is CC1=CC2=C(CC(=O)C2)C1(C)C. The maximum absolute atomic E-state index is 11.2. The first-order valence-electron chi connectivity index (χ1n) is 4.45. The van der Waals surface area contributed by atoms with Gasteiger partial charge < -0.3 is 0 Å². The maximum atomic E-state index is 11.2. The molecule has 0 bridgehead atoms. The van der Waals surface area contributed by atoms with Gasteiger partial charge in [-0.05, 0) is 18.1 Å². The van der Waals surface area contributed by atoms with Crippen molar-refractivity contribution in [1.82, 2.24) is 0 Å². The molecule has 0 heterocycles. The summed E-state index contributed by atoms with van der Waals surface area (Å²) in [5.41, 5.74) is 4.22. The Labute approximate surface area is 73.2 Å². The fourth-order valence-corrected chi connectivity index (χ4v) is 2.13. The van der Waals surface area contributed by atoms with E-state index in [9.17, 15) is 4.79 Å². The van der Waals surface area contributed by atoms with Crippen LogP contribution in [-0.2, 0) is 4.79 Å². The molecule has 0 radical (unpaired) electrons. The topological polar surface area (TPSA) is 17.1 Å². The van der Waals surface area contributed by atoms with Crippen molar-refractivity contribution in [1.29, 1.82) is 0 Å².